The molecule has 0 heterocycles. The fourth-order valence-electron chi connectivity index (χ4n) is 1.14. The average molecular weight is 205 g/mol. The number of carbonyl (C=O) groups is 1. The molecule has 0 aromatic heterocycles. The molecule has 1 rings (SSSR count). The van der Waals surface area contributed by atoms with Gasteiger partial charge in [-0.2, -0.15) is 0 Å². The Morgan fingerprint density at radius 2 is 1.93 bits per heavy atom. The van der Waals surface area contributed by atoms with Crippen LogP contribution in [0.15, 0.2) is 24.8 Å². The van der Waals surface area contributed by atoms with E-state index < -0.39 is 6.03 Å². The van der Waals surface area contributed by atoms with Gasteiger partial charge in [0.1, 0.15) is 0 Å². The number of rotatable bonds is 3. The van der Waals surface area contributed by atoms with Gasteiger partial charge in [0.15, 0.2) is 0 Å². The number of benzene rings is 1. The second-order valence-corrected chi connectivity index (χ2v) is 3.39. The Morgan fingerprint density at radius 1 is 1.27 bits per heavy atom. The molecule has 0 atom stereocenters. The molecule has 1 aromatic carbocycles. The van der Waals surface area contributed by atoms with Crippen LogP contribution in [0.25, 0.3) is 5.70 Å². The molecular weight excluding hydrogens is 190 g/mol. The highest BCUT2D eigenvalue weighted by molar-refractivity contribution is 5.73. The van der Waals surface area contributed by atoms with Crippen molar-refractivity contribution in [2.75, 3.05) is 0 Å². The Bertz CT molecular complexity index is 399. The summed E-state index contributed by atoms with van der Waals surface area (Å²) in [6, 6.07) is 5.29. The van der Waals surface area contributed by atoms with Crippen molar-refractivity contribution in [3.8, 4) is 0 Å². The second kappa shape index (κ2) is 4.50. The molecule has 0 aliphatic carbocycles. The van der Waals surface area contributed by atoms with E-state index in [-0.39, 0.29) is 0 Å². The van der Waals surface area contributed by atoms with Gasteiger partial charge in [-0.1, -0.05) is 18.7 Å². The van der Waals surface area contributed by atoms with E-state index in [0.717, 1.165) is 5.56 Å². The van der Waals surface area contributed by atoms with Crippen molar-refractivity contribution < 1.29 is 4.79 Å². The summed E-state index contributed by atoms with van der Waals surface area (Å²) < 4.78 is 0. The van der Waals surface area contributed by atoms with Gasteiger partial charge in [-0.15, -0.1) is 0 Å². The number of hydrogen-bond donors (Lipinski definition) is 3. The van der Waals surface area contributed by atoms with Gasteiger partial charge in [-0.3, -0.25) is 10.9 Å². The average Bonchev–Trinajstić information content (AvgIpc) is 2.18. The van der Waals surface area contributed by atoms with Gasteiger partial charge in [0, 0.05) is 0 Å². The van der Waals surface area contributed by atoms with E-state index in [1.54, 1.807) is 0 Å². The number of carbonyl (C=O) groups excluding carboxylic acids is 1. The van der Waals surface area contributed by atoms with Crippen LogP contribution < -0.4 is 16.6 Å². The molecule has 0 unspecified atom stereocenters. The molecule has 0 aliphatic heterocycles. The Balaban J connectivity index is 2.74. The van der Waals surface area contributed by atoms with Crippen molar-refractivity contribution in [3.05, 3.63) is 41.5 Å². The third kappa shape index (κ3) is 3.02. The Morgan fingerprint density at radius 3 is 2.47 bits per heavy atom. The lowest BCUT2D eigenvalue weighted by Gasteiger charge is -2.10. The maximum Gasteiger partial charge on any atom is 0.330 e. The number of aryl methyl sites for hydroxylation is 2. The molecule has 0 radical (unpaired) electrons. The third-order valence-corrected chi connectivity index (χ3v) is 2.19. The maximum atomic E-state index is 10.5. The first kappa shape index (κ1) is 11.1. The highest BCUT2D eigenvalue weighted by Gasteiger charge is 2.00. The van der Waals surface area contributed by atoms with E-state index in [0.29, 0.717) is 5.70 Å². The summed E-state index contributed by atoms with van der Waals surface area (Å²) in [7, 11) is 0. The van der Waals surface area contributed by atoms with Gasteiger partial charge in [0.2, 0.25) is 0 Å². The van der Waals surface area contributed by atoms with E-state index in [1.165, 1.54) is 11.1 Å². The van der Waals surface area contributed by atoms with E-state index in [4.69, 9.17) is 5.73 Å². The number of amides is 2. The summed E-state index contributed by atoms with van der Waals surface area (Å²) in [5.41, 5.74) is 13.7. The predicted molar refractivity (Wildman–Crippen MR) is 60.8 cm³/mol. The fourth-order valence-corrected chi connectivity index (χ4v) is 1.14. The fraction of sp³-hybridized carbons (Fsp3) is 0.182. The molecule has 4 heteroatoms. The Hall–Kier alpha value is -1.97. The Labute approximate surface area is 89.1 Å². The quantitative estimate of drug-likeness (QED) is 0.654. The summed E-state index contributed by atoms with van der Waals surface area (Å²) in [4.78, 5) is 10.5. The van der Waals surface area contributed by atoms with Crippen molar-refractivity contribution in [1.82, 2.24) is 10.9 Å². The second-order valence-electron chi connectivity index (χ2n) is 3.39. The summed E-state index contributed by atoms with van der Waals surface area (Å²) in [6.07, 6.45) is 0. The van der Waals surface area contributed by atoms with Crippen LogP contribution in [0.1, 0.15) is 16.7 Å². The predicted octanol–water partition coefficient (Wildman–Crippen LogP) is 1.45. The van der Waals surface area contributed by atoms with Crippen LogP contribution in [-0.4, -0.2) is 6.03 Å². The molecule has 4 nitrogen and oxygen atoms in total. The number of primary amides is 1. The molecule has 0 bridgehead atoms. The van der Waals surface area contributed by atoms with Gasteiger partial charge in [-0.25, -0.2) is 4.79 Å². The number of hydrogen-bond acceptors (Lipinski definition) is 2. The topological polar surface area (TPSA) is 67.2 Å². The van der Waals surface area contributed by atoms with Crippen molar-refractivity contribution in [2.24, 2.45) is 5.73 Å². The molecule has 0 aliphatic rings. The molecule has 0 spiro atoms. The lowest BCUT2D eigenvalue weighted by Crippen LogP contribution is -2.39. The molecule has 0 fully saturated rings. The lowest BCUT2D eigenvalue weighted by atomic mass is 10.1. The summed E-state index contributed by atoms with van der Waals surface area (Å²) >= 11 is 0. The molecule has 0 saturated carbocycles. The number of urea groups is 1. The standard InChI is InChI=1S/C11H15N3O/c1-7-4-5-10(6-8(7)2)9(3)13-14-11(12)15/h4-6,13H,3H2,1-2H3,(H3,12,14,15). The molecule has 1 aromatic rings. The highest BCUT2D eigenvalue weighted by atomic mass is 16.2. The van der Waals surface area contributed by atoms with Crippen LogP contribution in [-0.2, 0) is 0 Å². The monoisotopic (exact) mass is 205 g/mol. The van der Waals surface area contributed by atoms with Crippen molar-refractivity contribution >= 4 is 11.7 Å². The maximum absolute atomic E-state index is 10.5. The van der Waals surface area contributed by atoms with Crippen LogP contribution in [0.3, 0.4) is 0 Å². The lowest BCUT2D eigenvalue weighted by molar-refractivity contribution is 0.247. The normalized spacial score (nSPS) is 9.47. The van der Waals surface area contributed by atoms with E-state index >= 15 is 0 Å². The van der Waals surface area contributed by atoms with Crippen LogP contribution in [0.4, 0.5) is 4.79 Å². The van der Waals surface area contributed by atoms with Gasteiger partial charge >= 0.3 is 6.03 Å². The van der Waals surface area contributed by atoms with Gasteiger partial charge in [0.05, 0.1) is 5.70 Å². The summed E-state index contributed by atoms with van der Waals surface area (Å²) in [5, 5.41) is 0. The zero-order chi connectivity index (χ0) is 11.4. The molecule has 15 heavy (non-hydrogen) atoms. The first-order valence-electron chi connectivity index (χ1n) is 4.58. The molecular formula is C11H15N3O. The van der Waals surface area contributed by atoms with Crippen molar-refractivity contribution in [1.29, 1.82) is 0 Å². The number of hydrazine groups is 1. The van der Waals surface area contributed by atoms with Crippen molar-refractivity contribution in [3.63, 3.8) is 0 Å². The molecule has 2 amide bonds. The first-order chi connectivity index (χ1) is 7.00. The van der Waals surface area contributed by atoms with E-state index in [2.05, 4.69) is 17.4 Å². The number of nitrogens with one attached hydrogen (secondary N) is 2. The van der Waals surface area contributed by atoms with Crippen LogP contribution in [0.5, 0.6) is 0 Å². The van der Waals surface area contributed by atoms with Crippen molar-refractivity contribution in [2.45, 2.75) is 13.8 Å². The smallest absolute Gasteiger partial charge is 0.330 e. The van der Waals surface area contributed by atoms with Gasteiger partial charge < -0.3 is 5.73 Å². The number of nitrogens with two attached hydrogens (primary N) is 1. The van der Waals surface area contributed by atoms with E-state index in [9.17, 15) is 4.79 Å². The van der Waals surface area contributed by atoms with Gasteiger partial charge in [-0.05, 0) is 36.6 Å². The van der Waals surface area contributed by atoms with Crippen LogP contribution >= 0.6 is 0 Å². The third-order valence-electron chi connectivity index (χ3n) is 2.19. The zero-order valence-corrected chi connectivity index (χ0v) is 8.92. The van der Waals surface area contributed by atoms with Crippen LogP contribution in [0.2, 0.25) is 0 Å². The largest absolute Gasteiger partial charge is 0.350 e. The summed E-state index contributed by atoms with van der Waals surface area (Å²) in [5.74, 6) is 0. The van der Waals surface area contributed by atoms with Crippen LogP contribution in [0, 0.1) is 13.8 Å². The molecule has 80 valence electrons. The Kier molecular flexibility index (Phi) is 3.33. The zero-order valence-electron chi connectivity index (χ0n) is 8.92. The minimum absolute atomic E-state index is 0.608. The highest BCUT2D eigenvalue weighted by Crippen LogP contribution is 2.14. The first-order valence-corrected chi connectivity index (χ1v) is 4.58. The molecule has 0 saturated heterocycles. The molecule has 4 N–H and O–H groups in total. The van der Waals surface area contributed by atoms with E-state index in [1.807, 2.05) is 32.0 Å². The summed E-state index contributed by atoms with van der Waals surface area (Å²) in [6.45, 7) is 7.85. The minimum Gasteiger partial charge on any atom is -0.350 e. The SMILES string of the molecule is C=C(NNC(N)=O)c1ccc(C)c(C)c1. The van der Waals surface area contributed by atoms with Gasteiger partial charge in [0.25, 0.3) is 0 Å². The minimum atomic E-state index is -0.639.